The highest BCUT2D eigenvalue weighted by Crippen LogP contribution is 2.26. The van der Waals surface area contributed by atoms with Crippen molar-refractivity contribution in [2.45, 2.75) is 26.5 Å². The SMILES string of the molecule is Cc1ncc(CO)c(CN2CCC2)c1O. The first-order valence-corrected chi connectivity index (χ1v) is 5.22. The van der Waals surface area contributed by atoms with Crippen LogP contribution in [0.1, 0.15) is 23.2 Å². The summed E-state index contributed by atoms with van der Waals surface area (Å²) in [5.41, 5.74) is 2.18. The van der Waals surface area contributed by atoms with Crippen molar-refractivity contribution in [2.75, 3.05) is 13.1 Å². The lowest BCUT2D eigenvalue weighted by atomic mass is 10.1. The van der Waals surface area contributed by atoms with E-state index in [1.807, 2.05) is 0 Å². The molecule has 2 N–H and O–H groups in total. The lowest BCUT2D eigenvalue weighted by Gasteiger charge is -2.31. The number of aromatic nitrogens is 1. The second-order valence-corrected chi connectivity index (χ2v) is 3.98. The average Bonchev–Trinajstić information content (AvgIpc) is 2.17. The standard InChI is InChI=1S/C11H16N2O2/c1-8-11(15)10(6-13-3-2-4-13)9(7-14)5-12-8/h5,14-15H,2-4,6-7H2,1H3. The highest BCUT2D eigenvalue weighted by molar-refractivity contribution is 5.40. The van der Waals surface area contributed by atoms with Gasteiger partial charge in [-0.15, -0.1) is 0 Å². The van der Waals surface area contributed by atoms with Gasteiger partial charge in [0.15, 0.2) is 0 Å². The zero-order valence-corrected chi connectivity index (χ0v) is 8.90. The van der Waals surface area contributed by atoms with E-state index in [1.54, 1.807) is 13.1 Å². The van der Waals surface area contributed by atoms with Gasteiger partial charge in [0.2, 0.25) is 0 Å². The highest BCUT2D eigenvalue weighted by Gasteiger charge is 2.19. The molecule has 1 aromatic rings. The lowest BCUT2D eigenvalue weighted by Crippen LogP contribution is -2.36. The van der Waals surface area contributed by atoms with Gasteiger partial charge in [-0.1, -0.05) is 0 Å². The van der Waals surface area contributed by atoms with Crippen LogP contribution in [-0.4, -0.2) is 33.2 Å². The Morgan fingerprint density at radius 2 is 2.20 bits per heavy atom. The molecule has 0 unspecified atom stereocenters. The van der Waals surface area contributed by atoms with Crippen LogP contribution in [0, 0.1) is 6.92 Å². The van der Waals surface area contributed by atoms with Crippen LogP contribution in [0.5, 0.6) is 5.75 Å². The summed E-state index contributed by atoms with van der Waals surface area (Å²) in [5.74, 6) is 0.230. The maximum Gasteiger partial charge on any atom is 0.141 e. The molecular weight excluding hydrogens is 192 g/mol. The van der Waals surface area contributed by atoms with Crippen molar-refractivity contribution in [1.29, 1.82) is 0 Å². The van der Waals surface area contributed by atoms with Gasteiger partial charge in [0.05, 0.1) is 12.3 Å². The molecule has 0 aliphatic carbocycles. The Hall–Kier alpha value is -1.13. The molecule has 15 heavy (non-hydrogen) atoms. The fraction of sp³-hybridized carbons (Fsp3) is 0.545. The molecule has 2 rings (SSSR count). The fourth-order valence-electron chi connectivity index (χ4n) is 1.76. The Labute approximate surface area is 89.2 Å². The van der Waals surface area contributed by atoms with Gasteiger partial charge in [-0.2, -0.15) is 0 Å². The molecule has 1 saturated heterocycles. The molecule has 2 heterocycles. The van der Waals surface area contributed by atoms with E-state index >= 15 is 0 Å². The van der Waals surface area contributed by atoms with Gasteiger partial charge in [-0.05, 0) is 26.4 Å². The number of likely N-dealkylation sites (tertiary alicyclic amines) is 1. The van der Waals surface area contributed by atoms with Gasteiger partial charge in [-0.25, -0.2) is 0 Å². The third kappa shape index (κ3) is 1.96. The average molecular weight is 208 g/mol. The minimum absolute atomic E-state index is 0.0655. The first-order chi connectivity index (χ1) is 7.22. The maximum atomic E-state index is 9.88. The second-order valence-electron chi connectivity index (χ2n) is 3.98. The van der Waals surface area contributed by atoms with Gasteiger partial charge in [0, 0.05) is 23.9 Å². The zero-order chi connectivity index (χ0) is 10.8. The number of rotatable bonds is 3. The summed E-state index contributed by atoms with van der Waals surface area (Å²) >= 11 is 0. The fourth-order valence-corrected chi connectivity index (χ4v) is 1.76. The minimum Gasteiger partial charge on any atom is -0.506 e. The van der Waals surface area contributed by atoms with Gasteiger partial charge in [0.25, 0.3) is 0 Å². The number of pyridine rings is 1. The maximum absolute atomic E-state index is 9.88. The zero-order valence-electron chi connectivity index (χ0n) is 8.90. The summed E-state index contributed by atoms with van der Waals surface area (Å²) in [4.78, 5) is 6.28. The van der Waals surface area contributed by atoms with Crippen LogP contribution < -0.4 is 0 Å². The van der Waals surface area contributed by atoms with E-state index in [4.69, 9.17) is 5.11 Å². The summed E-state index contributed by atoms with van der Waals surface area (Å²) in [7, 11) is 0. The molecule has 0 aromatic carbocycles. The molecule has 82 valence electrons. The van der Waals surface area contributed by atoms with Crippen molar-refractivity contribution in [1.82, 2.24) is 9.88 Å². The summed E-state index contributed by atoms with van der Waals surface area (Å²) < 4.78 is 0. The van der Waals surface area contributed by atoms with Crippen molar-refractivity contribution in [3.63, 3.8) is 0 Å². The normalized spacial score (nSPS) is 16.4. The van der Waals surface area contributed by atoms with Crippen molar-refractivity contribution in [3.05, 3.63) is 23.0 Å². The monoisotopic (exact) mass is 208 g/mol. The van der Waals surface area contributed by atoms with Crippen LogP contribution in [0.3, 0.4) is 0 Å². The van der Waals surface area contributed by atoms with Crippen molar-refractivity contribution < 1.29 is 10.2 Å². The summed E-state index contributed by atoms with van der Waals surface area (Å²) in [6, 6.07) is 0. The summed E-state index contributed by atoms with van der Waals surface area (Å²) in [6.45, 7) is 4.57. The first-order valence-electron chi connectivity index (χ1n) is 5.22. The highest BCUT2D eigenvalue weighted by atomic mass is 16.3. The molecule has 1 aliphatic rings. The predicted molar refractivity (Wildman–Crippen MR) is 56.5 cm³/mol. The quantitative estimate of drug-likeness (QED) is 0.771. The van der Waals surface area contributed by atoms with Gasteiger partial charge >= 0.3 is 0 Å². The third-order valence-corrected chi connectivity index (χ3v) is 2.93. The molecular formula is C11H16N2O2. The summed E-state index contributed by atoms with van der Waals surface area (Å²) in [5, 5.41) is 19.0. The Morgan fingerprint density at radius 1 is 1.47 bits per heavy atom. The molecule has 4 heteroatoms. The molecule has 0 atom stereocenters. The van der Waals surface area contributed by atoms with E-state index < -0.39 is 0 Å². The van der Waals surface area contributed by atoms with Crippen molar-refractivity contribution >= 4 is 0 Å². The van der Waals surface area contributed by atoms with Gasteiger partial charge < -0.3 is 10.2 Å². The predicted octanol–water partition coefficient (Wildman–Crippen LogP) is 0.794. The molecule has 0 saturated carbocycles. The van der Waals surface area contributed by atoms with E-state index in [0.717, 1.165) is 24.2 Å². The van der Waals surface area contributed by atoms with E-state index in [-0.39, 0.29) is 12.4 Å². The van der Waals surface area contributed by atoms with Crippen LogP contribution in [0.25, 0.3) is 0 Å². The minimum atomic E-state index is -0.0655. The Bertz CT molecular complexity index is 362. The molecule has 0 bridgehead atoms. The molecule has 1 aromatic heterocycles. The van der Waals surface area contributed by atoms with Crippen LogP contribution in [0.15, 0.2) is 6.20 Å². The second kappa shape index (κ2) is 4.16. The third-order valence-electron chi connectivity index (χ3n) is 2.93. The van der Waals surface area contributed by atoms with Crippen LogP contribution in [-0.2, 0) is 13.2 Å². The number of aromatic hydroxyl groups is 1. The van der Waals surface area contributed by atoms with E-state index in [0.29, 0.717) is 12.2 Å². The largest absolute Gasteiger partial charge is 0.506 e. The smallest absolute Gasteiger partial charge is 0.141 e. The van der Waals surface area contributed by atoms with Crippen molar-refractivity contribution in [3.8, 4) is 5.75 Å². The Morgan fingerprint density at radius 3 is 2.73 bits per heavy atom. The molecule has 1 fully saturated rings. The Balaban J connectivity index is 2.28. The van der Waals surface area contributed by atoms with Gasteiger partial charge in [0.1, 0.15) is 5.75 Å². The van der Waals surface area contributed by atoms with Crippen molar-refractivity contribution in [2.24, 2.45) is 0 Å². The lowest BCUT2D eigenvalue weighted by molar-refractivity contribution is 0.168. The number of aliphatic hydroxyl groups excluding tert-OH is 1. The molecule has 0 radical (unpaired) electrons. The number of nitrogens with zero attached hydrogens (tertiary/aromatic N) is 2. The van der Waals surface area contributed by atoms with Crippen LogP contribution >= 0.6 is 0 Å². The Kier molecular flexibility index (Phi) is 2.88. The topological polar surface area (TPSA) is 56.6 Å². The van der Waals surface area contributed by atoms with E-state index in [9.17, 15) is 5.11 Å². The number of aryl methyl sites for hydroxylation is 1. The van der Waals surface area contributed by atoms with Crippen LogP contribution in [0.2, 0.25) is 0 Å². The molecule has 1 aliphatic heterocycles. The molecule has 0 amide bonds. The molecule has 4 nitrogen and oxygen atoms in total. The number of aliphatic hydroxyl groups is 1. The van der Waals surface area contributed by atoms with E-state index in [2.05, 4.69) is 9.88 Å². The number of hydrogen-bond donors (Lipinski definition) is 2. The van der Waals surface area contributed by atoms with E-state index in [1.165, 1.54) is 6.42 Å². The summed E-state index contributed by atoms with van der Waals surface area (Å²) in [6.07, 6.45) is 2.86. The first kappa shape index (κ1) is 10.4. The number of hydrogen-bond acceptors (Lipinski definition) is 4. The van der Waals surface area contributed by atoms with Gasteiger partial charge in [-0.3, -0.25) is 9.88 Å². The molecule has 0 spiro atoms. The van der Waals surface area contributed by atoms with Crippen LogP contribution in [0.4, 0.5) is 0 Å².